The Bertz CT molecular complexity index is 429. The van der Waals surface area contributed by atoms with Crippen LogP contribution >= 0.6 is 22.6 Å². The first-order chi connectivity index (χ1) is 8.13. The molecule has 1 fully saturated rings. The summed E-state index contributed by atoms with van der Waals surface area (Å²) in [6.07, 6.45) is 3.14. The van der Waals surface area contributed by atoms with Gasteiger partial charge in [-0.2, -0.15) is 0 Å². The summed E-state index contributed by atoms with van der Waals surface area (Å²) in [6, 6.07) is 5.53. The van der Waals surface area contributed by atoms with Gasteiger partial charge in [0.15, 0.2) is 0 Å². The Kier molecular flexibility index (Phi) is 3.91. The summed E-state index contributed by atoms with van der Waals surface area (Å²) < 4.78 is 0.969. The van der Waals surface area contributed by atoms with E-state index in [1.807, 2.05) is 4.90 Å². The summed E-state index contributed by atoms with van der Waals surface area (Å²) in [6.45, 7) is 2.84. The first-order valence-corrected chi connectivity index (χ1v) is 7.01. The van der Waals surface area contributed by atoms with Gasteiger partial charge >= 0.3 is 0 Å². The number of carbonyl (C=O) groups is 1. The maximum atomic E-state index is 12.4. The van der Waals surface area contributed by atoms with E-state index in [0.717, 1.165) is 29.4 Å². The maximum Gasteiger partial charge on any atom is 0.257 e. The molecule has 1 aromatic rings. The number of phenols is 1. The first-order valence-electron chi connectivity index (χ1n) is 5.93. The predicted molar refractivity (Wildman–Crippen MR) is 75.2 cm³/mol. The molecule has 1 N–H and O–H groups in total. The number of halogens is 1. The van der Waals surface area contributed by atoms with E-state index in [-0.39, 0.29) is 11.7 Å². The lowest BCUT2D eigenvalue weighted by atomic mass is 10.1. The van der Waals surface area contributed by atoms with E-state index in [0.29, 0.717) is 11.6 Å². The van der Waals surface area contributed by atoms with E-state index < -0.39 is 0 Å². The van der Waals surface area contributed by atoms with Gasteiger partial charge < -0.3 is 10.0 Å². The number of phenolic OH excluding ortho intramolecular Hbond substituents is 1. The average Bonchev–Trinajstić information content (AvgIpc) is 3.12. The second kappa shape index (κ2) is 5.25. The highest BCUT2D eigenvalue weighted by Gasteiger charge is 2.33. The lowest BCUT2D eigenvalue weighted by Gasteiger charge is -2.22. The Morgan fingerprint density at radius 2 is 2.24 bits per heavy atom. The van der Waals surface area contributed by atoms with Crippen molar-refractivity contribution in [2.75, 3.05) is 6.54 Å². The predicted octanol–water partition coefficient (Wildman–Crippen LogP) is 3.01. The molecule has 17 heavy (non-hydrogen) atoms. The molecular formula is C13H16INO2. The van der Waals surface area contributed by atoms with Gasteiger partial charge in [0.05, 0.1) is 5.56 Å². The standard InChI is InChI=1S/C13H16INO2/c1-2-7-15(10-4-5-10)13(17)11-8-9(14)3-6-12(11)16/h3,6,8,10,16H,2,4-5,7H2,1H3. The van der Waals surface area contributed by atoms with Crippen molar-refractivity contribution in [3.05, 3.63) is 27.3 Å². The van der Waals surface area contributed by atoms with E-state index in [4.69, 9.17) is 0 Å². The van der Waals surface area contributed by atoms with Crippen LogP contribution in [0, 0.1) is 3.57 Å². The van der Waals surface area contributed by atoms with Crippen molar-refractivity contribution in [1.29, 1.82) is 0 Å². The van der Waals surface area contributed by atoms with Crippen LogP contribution in [0.25, 0.3) is 0 Å². The van der Waals surface area contributed by atoms with Gasteiger partial charge in [0.2, 0.25) is 0 Å². The molecule has 0 radical (unpaired) electrons. The smallest absolute Gasteiger partial charge is 0.257 e. The summed E-state index contributed by atoms with van der Waals surface area (Å²) in [7, 11) is 0. The van der Waals surface area contributed by atoms with Crippen molar-refractivity contribution in [3.63, 3.8) is 0 Å². The molecule has 0 saturated heterocycles. The summed E-state index contributed by atoms with van der Waals surface area (Å²) in [5.41, 5.74) is 0.428. The lowest BCUT2D eigenvalue weighted by molar-refractivity contribution is 0.0740. The average molecular weight is 345 g/mol. The van der Waals surface area contributed by atoms with Gasteiger partial charge in [0, 0.05) is 16.2 Å². The summed E-state index contributed by atoms with van der Waals surface area (Å²) >= 11 is 2.15. The third kappa shape index (κ3) is 2.91. The minimum Gasteiger partial charge on any atom is -0.507 e. The third-order valence-corrected chi connectivity index (χ3v) is 3.57. The fourth-order valence-corrected chi connectivity index (χ4v) is 2.40. The monoisotopic (exact) mass is 345 g/mol. The molecule has 1 aromatic carbocycles. The zero-order valence-corrected chi connectivity index (χ0v) is 12.0. The van der Waals surface area contributed by atoms with Crippen LogP contribution in [0.4, 0.5) is 0 Å². The van der Waals surface area contributed by atoms with Crippen molar-refractivity contribution in [2.24, 2.45) is 0 Å². The van der Waals surface area contributed by atoms with Crippen LogP contribution in [0.1, 0.15) is 36.5 Å². The van der Waals surface area contributed by atoms with Gasteiger partial charge in [-0.3, -0.25) is 4.79 Å². The molecular weight excluding hydrogens is 329 g/mol. The van der Waals surface area contributed by atoms with Crippen LogP contribution in [0.3, 0.4) is 0 Å². The second-order valence-electron chi connectivity index (χ2n) is 4.39. The van der Waals surface area contributed by atoms with Gasteiger partial charge in [-0.05, 0) is 60.1 Å². The van der Waals surface area contributed by atoms with Gasteiger partial charge in [-0.1, -0.05) is 6.92 Å². The van der Waals surface area contributed by atoms with Crippen LogP contribution in [0.2, 0.25) is 0 Å². The molecule has 0 aromatic heterocycles. The Morgan fingerprint density at radius 1 is 1.53 bits per heavy atom. The zero-order valence-electron chi connectivity index (χ0n) is 9.82. The van der Waals surface area contributed by atoms with Crippen LogP contribution in [0.5, 0.6) is 5.75 Å². The molecule has 0 unspecified atom stereocenters. The molecule has 4 heteroatoms. The highest BCUT2D eigenvalue weighted by Crippen LogP contribution is 2.30. The van der Waals surface area contributed by atoms with E-state index in [1.54, 1.807) is 18.2 Å². The minimum absolute atomic E-state index is 0.0367. The highest BCUT2D eigenvalue weighted by molar-refractivity contribution is 14.1. The molecule has 1 amide bonds. The van der Waals surface area contributed by atoms with Gasteiger partial charge in [-0.25, -0.2) is 0 Å². The summed E-state index contributed by atoms with van der Waals surface area (Å²) in [4.78, 5) is 14.2. The second-order valence-corrected chi connectivity index (χ2v) is 5.64. The van der Waals surface area contributed by atoms with Crippen LogP contribution in [0.15, 0.2) is 18.2 Å². The Hall–Kier alpha value is -0.780. The fraction of sp³-hybridized carbons (Fsp3) is 0.462. The number of carbonyl (C=O) groups excluding carboxylic acids is 1. The number of aromatic hydroxyl groups is 1. The molecule has 1 aliphatic carbocycles. The van der Waals surface area contributed by atoms with Crippen LogP contribution < -0.4 is 0 Å². The molecule has 0 atom stereocenters. The number of benzene rings is 1. The molecule has 3 nitrogen and oxygen atoms in total. The van der Waals surface area contributed by atoms with Crippen molar-refractivity contribution in [2.45, 2.75) is 32.2 Å². The van der Waals surface area contributed by atoms with E-state index in [2.05, 4.69) is 29.5 Å². The molecule has 0 aliphatic heterocycles. The maximum absolute atomic E-state index is 12.4. The zero-order chi connectivity index (χ0) is 12.4. The Balaban J connectivity index is 2.24. The molecule has 1 aliphatic rings. The van der Waals surface area contributed by atoms with Crippen molar-refractivity contribution in [1.82, 2.24) is 4.90 Å². The number of hydrogen-bond acceptors (Lipinski definition) is 2. The normalized spacial score (nSPS) is 14.7. The first kappa shape index (κ1) is 12.7. The van der Waals surface area contributed by atoms with Crippen molar-refractivity contribution in [3.8, 4) is 5.75 Å². The van der Waals surface area contributed by atoms with Gasteiger partial charge in [0.1, 0.15) is 5.75 Å². The molecule has 0 bridgehead atoms. The number of nitrogens with zero attached hydrogens (tertiary/aromatic N) is 1. The Labute approximate surface area is 115 Å². The summed E-state index contributed by atoms with van der Waals surface area (Å²) in [5.74, 6) is 0.0440. The van der Waals surface area contributed by atoms with Crippen LogP contribution in [-0.2, 0) is 0 Å². The third-order valence-electron chi connectivity index (χ3n) is 2.90. The van der Waals surface area contributed by atoms with E-state index in [9.17, 15) is 9.90 Å². The molecule has 0 spiro atoms. The minimum atomic E-state index is -0.0367. The van der Waals surface area contributed by atoms with Gasteiger partial charge in [0.25, 0.3) is 5.91 Å². The SMILES string of the molecule is CCCN(C(=O)c1cc(I)ccc1O)C1CC1. The largest absolute Gasteiger partial charge is 0.507 e. The van der Waals surface area contributed by atoms with Crippen molar-refractivity contribution < 1.29 is 9.90 Å². The molecule has 0 heterocycles. The summed E-state index contributed by atoms with van der Waals surface area (Å²) in [5, 5.41) is 9.77. The molecule has 1 saturated carbocycles. The number of hydrogen-bond donors (Lipinski definition) is 1. The number of rotatable bonds is 4. The van der Waals surface area contributed by atoms with Gasteiger partial charge in [-0.15, -0.1) is 0 Å². The lowest BCUT2D eigenvalue weighted by Crippen LogP contribution is -2.33. The van der Waals surface area contributed by atoms with Crippen molar-refractivity contribution >= 4 is 28.5 Å². The quantitative estimate of drug-likeness (QED) is 0.853. The molecule has 2 rings (SSSR count). The highest BCUT2D eigenvalue weighted by atomic mass is 127. The number of amides is 1. The molecule has 92 valence electrons. The van der Waals surface area contributed by atoms with Crippen LogP contribution in [-0.4, -0.2) is 28.5 Å². The Morgan fingerprint density at radius 3 is 2.82 bits per heavy atom. The van der Waals surface area contributed by atoms with E-state index >= 15 is 0 Å². The topological polar surface area (TPSA) is 40.5 Å². The fourth-order valence-electron chi connectivity index (χ4n) is 1.91. The van der Waals surface area contributed by atoms with E-state index in [1.165, 1.54) is 0 Å².